The minimum Gasteiger partial charge on any atom is -0.264 e. The third-order valence-corrected chi connectivity index (χ3v) is 2.17. The summed E-state index contributed by atoms with van der Waals surface area (Å²) < 4.78 is 25.3. The Morgan fingerprint density at radius 1 is 1.00 bits per heavy atom. The Balaban J connectivity index is 2.53. The highest BCUT2D eigenvalue weighted by molar-refractivity contribution is 5.66. The highest BCUT2D eigenvalue weighted by atomic mass is 19.3. The Morgan fingerprint density at radius 3 is 2.40 bits per heavy atom. The second-order valence-corrected chi connectivity index (χ2v) is 3.13. The van der Waals surface area contributed by atoms with Crippen LogP contribution in [0.3, 0.4) is 0 Å². The zero-order chi connectivity index (χ0) is 10.7. The number of benzene rings is 1. The first-order chi connectivity index (χ1) is 7.29. The average Bonchev–Trinajstić information content (AvgIpc) is 2.30. The second-order valence-electron chi connectivity index (χ2n) is 3.13. The lowest BCUT2D eigenvalue weighted by Crippen LogP contribution is -1.91. The van der Waals surface area contributed by atoms with Crippen molar-refractivity contribution < 1.29 is 8.78 Å². The van der Waals surface area contributed by atoms with Crippen LogP contribution >= 0.6 is 0 Å². The van der Waals surface area contributed by atoms with Gasteiger partial charge in [-0.25, -0.2) is 8.78 Å². The molecular weight excluding hydrogens is 196 g/mol. The third-order valence-electron chi connectivity index (χ3n) is 2.17. The first-order valence-electron chi connectivity index (χ1n) is 4.56. The van der Waals surface area contributed by atoms with Gasteiger partial charge in [0.1, 0.15) is 0 Å². The van der Waals surface area contributed by atoms with Gasteiger partial charge >= 0.3 is 0 Å². The van der Waals surface area contributed by atoms with E-state index in [1.807, 2.05) is 18.2 Å². The van der Waals surface area contributed by atoms with Gasteiger partial charge in [-0.1, -0.05) is 30.3 Å². The van der Waals surface area contributed by atoms with Crippen molar-refractivity contribution in [1.82, 2.24) is 4.98 Å². The van der Waals surface area contributed by atoms with Gasteiger partial charge in [0.15, 0.2) is 0 Å². The third kappa shape index (κ3) is 2.01. The summed E-state index contributed by atoms with van der Waals surface area (Å²) in [4.78, 5) is 3.71. The number of nitrogens with zero attached hydrogens (tertiary/aromatic N) is 1. The van der Waals surface area contributed by atoms with Crippen LogP contribution in [0.5, 0.6) is 0 Å². The van der Waals surface area contributed by atoms with Gasteiger partial charge in [-0.3, -0.25) is 4.98 Å². The predicted molar refractivity (Wildman–Crippen MR) is 54.6 cm³/mol. The van der Waals surface area contributed by atoms with E-state index in [0.717, 1.165) is 5.56 Å². The molecule has 0 aliphatic rings. The van der Waals surface area contributed by atoms with E-state index in [0.29, 0.717) is 5.56 Å². The maximum atomic E-state index is 12.7. The molecule has 0 atom stereocenters. The second kappa shape index (κ2) is 4.17. The molecule has 0 aliphatic heterocycles. The molecule has 1 aromatic heterocycles. The first kappa shape index (κ1) is 9.77. The molecule has 15 heavy (non-hydrogen) atoms. The molecule has 0 radical (unpaired) electrons. The number of halogens is 2. The Hall–Kier alpha value is -1.77. The van der Waals surface area contributed by atoms with Crippen molar-refractivity contribution in [2.45, 2.75) is 6.43 Å². The molecule has 0 saturated carbocycles. The van der Waals surface area contributed by atoms with E-state index in [9.17, 15) is 8.78 Å². The van der Waals surface area contributed by atoms with E-state index in [1.165, 1.54) is 12.4 Å². The molecule has 0 N–H and O–H groups in total. The van der Waals surface area contributed by atoms with Crippen molar-refractivity contribution in [3.8, 4) is 11.1 Å². The standard InChI is InChI=1S/C12H9F2N/c13-12(14)11-8-15-7-6-10(11)9-4-2-1-3-5-9/h1-8,12H. The van der Waals surface area contributed by atoms with Crippen LogP contribution in [-0.4, -0.2) is 4.98 Å². The smallest absolute Gasteiger partial charge is 0.264 e. The summed E-state index contributed by atoms with van der Waals surface area (Å²) in [6.07, 6.45) is 0.246. The van der Waals surface area contributed by atoms with Gasteiger partial charge in [0.25, 0.3) is 6.43 Å². The van der Waals surface area contributed by atoms with Gasteiger partial charge in [-0.2, -0.15) is 0 Å². The molecule has 0 spiro atoms. The summed E-state index contributed by atoms with van der Waals surface area (Å²) in [6.45, 7) is 0. The quantitative estimate of drug-likeness (QED) is 0.728. The van der Waals surface area contributed by atoms with Crippen LogP contribution in [0.15, 0.2) is 48.8 Å². The van der Waals surface area contributed by atoms with Gasteiger partial charge < -0.3 is 0 Å². The fourth-order valence-electron chi connectivity index (χ4n) is 1.46. The maximum Gasteiger partial charge on any atom is 0.265 e. The average molecular weight is 205 g/mol. The highest BCUT2D eigenvalue weighted by Crippen LogP contribution is 2.29. The van der Waals surface area contributed by atoms with Gasteiger partial charge in [-0.05, 0) is 17.2 Å². The van der Waals surface area contributed by atoms with E-state index in [2.05, 4.69) is 4.98 Å². The van der Waals surface area contributed by atoms with Crippen LogP contribution in [0, 0.1) is 0 Å². The Labute approximate surface area is 86.4 Å². The van der Waals surface area contributed by atoms with Crippen LogP contribution in [0.4, 0.5) is 8.78 Å². The normalized spacial score (nSPS) is 10.6. The van der Waals surface area contributed by atoms with Crippen molar-refractivity contribution in [3.63, 3.8) is 0 Å². The fourth-order valence-corrected chi connectivity index (χ4v) is 1.46. The molecule has 0 unspecified atom stereocenters. The van der Waals surface area contributed by atoms with Crippen LogP contribution < -0.4 is 0 Å². The number of alkyl halides is 2. The van der Waals surface area contributed by atoms with Crippen molar-refractivity contribution in [2.24, 2.45) is 0 Å². The maximum absolute atomic E-state index is 12.7. The monoisotopic (exact) mass is 205 g/mol. The van der Waals surface area contributed by atoms with Gasteiger partial charge in [0, 0.05) is 18.0 Å². The van der Waals surface area contributed by atoms with Crippen molar-refractivity contribution in [2.75, 3.05) is 0 Å². The molecule has 3 heteroatoms. The van der Waals surface area contributed by atoms with E-state index >= 15 is 0 Å². The topological polar surface area (TPSA) is 12.9 Å². The van der Waals surface area contributed by atoms with Gasteiger partial charge in [0.05, 0.1) is 0 Å². The van der Waals surface area contributed by atoms with Gasteiger partial charge in [-0.15, -0.1) is 0 Å². The van der Waals surface area contributed by atoms with Crippen LogP contribution in [0.1, 0.15) is 12.0 Å². The van der Waals surface area contributed by atoms with Crippen molar-refractivity contribution >= 4 is 0 Å². The predicted octanol–water partition coefficient (Wildman–Crippen LogP) is 3.69. The Morgan fingerprint density at radius 2 is 1.73 bits per heavy atom. The molecule has 1 heterocycles. The van der Waals surface area contributed by atoms with Crippen LogP contribution in [0.2, 0.25) is 0 Å². The Kier molecular flexibility index (Phi) is 2.72. The molecule has 0 fully saturated rings. The molecule has 76 valence electrons. The lowest BCUT2D eigenvalue weighted by molar-refractivity contribution is 0.151. The summed E-state index contributed by atoms with van der Waals surface area (Å²) >= 11 is 0. The Bertz CT molecular complexity index is 440. The summed E-state index contributed by atoms with van der Waals surface area (Å²) in [5.74, 6) is 0. The molecule has 0 aliphatic carbocycles. The molecule has 0 bridgehead atoms. The molecule has 2 rings (SSSR count). The van der Waals surface area contributed by atoms with E-state index in [-0.39, 0.29) is 5.56 Å². The largest absolute Gasteiger partial charge is 0.265 e. The van der Waals surface area contributed by atoms with Crippen LogP contribution in [-0.2, 0) is 0 Å². The molecule has 0 saturated heterocycles. The summed E-state index contributed by atoms with van der Waals surface area (Å²) in [5, 5.41) is 0. The summed E-state index contributed by atoms with van der Waals surface area (Å²) in [6, 6.07) is 10.7. The number of hydrogen-bond acceptors (Lipinski definition) is 1. The SMILES string of the molecule is FC(F)c1cnccc1-c1ccccc1. The summed E-state index contributed by atoms with van der Waals surface area (Å²) in [7, 11) is 0. The molecule has 1 nitrogen and oxygen atoms in total. The fraction of sp³-hybridized carbons (Fsp3) is 0.0833. The zero-order valence-corrected chi connectivity index (χ0v) is 7.90. The van der Waals surface area contributed by atoms with E-state index < -0.39 is 6.43 Å². The number of hydrogen-bond donors (Lipinski definition) is 0. The van der Waals surface area contributed by atoms with E-state index in [1.54, 1.807) is 18.2 Å². The number of aromatic nitrogens is 1. The zero-order valence-electron chi connectivity index (χ0n) is 7.90. The summed E-state index contributed by atoms with van der Waals surface area (Å²) in [5.41, 5.74) is 1.31. The molecule has 1 aromatic carbocycles. The van der Waals surface area contributed by atoms with Crippen molar-refractivity contribution in [1.29, 1.82) is 0 Å². The number of rotatable bonds is 2. The molecular formula is C12H9F2N. The minimum absolute atomic E-state index is 0.0244. The first-order valence-corrected chi connectivity index (χ1v) is 4.56. The lowest BCUT2D eigenvalue weighted by atomic mass is 10.0. The molecule has 2 aromatic rings. The van der Waals surface area contributed by atoms with Crippen molar-refractivity contribution in [3.05, 3.63) is 54.4 Å². The molecule has 0 amide bonds. The minimum atomic E-state index is -2.49. The lowest BCUT2D eigenvalue weighted by Gasteiger charge is -2.07. The van der Waals surface area contributed by atoms with Gasteiger partial charge in [0.2, 0.25) is 0 Å². The highest BCUT2D eigenvalue weighted by Gasteiger charge is 2.13. The van der Waals surface area contributed by atoms with E-state index in [4.69, 9.17) is 0 Å². The van der Waals surface area contributed by atoms with Crippen LogP contribution in [0.25, 0.3) is 11.1 Å². The number of pyridine rings is 1.